The Hall–Kier alpha value is -3.07. The molecule has 2 aromatic carbocycles. The Morgan fingerprint density at radius 3 is 2.37 bits per heavy atom. The van der Waals surface area contributed by atoms with Crippen molar-refractivity contribution in [1.82, 2.24) is 0 Å². The third-order valence-electron chi connectivity index (χ3n) is 2.55. The van der Waals surface area contributed by atoms with Gasteiger partial charge >= 0.3 is 5.97 Å². The zero-order chi connectivity index (χ0) is 13.8. The summed E-state index contributed by atoms with van der Waals surface area (Å²) in [5.41, 5.74) is 0.631. The van der Waals surface area contributed by atoms with Crippen molar-refractivity contribution in [3.8, 4) is 0 Å². The lowest BCUT2D eigenvalue weighted by Crippen LogP contribution is -1.97. The van der Waals surface area contributed by atoms with Gasteiger partial charge in [-0.15, -0.1) is 0 Å². The Labute approximate surface area is 106 Å². The van der Waals surface area contributed by atoms with Crippen LogP contribution in [0.1, 0.15) is 10.4 Å². The second kappa shape index (κ2) is 5.06. The van der Waals surface area contributed by atoms with Gasteiger partial charge in [-0.3, -0.25) is 0 Å². The lowest BCUT2D eigenvalue weighted by Gasteiger charge is -2.05. The first-order chi connectivity index (χ1) is 9.17. The van der Waals surface area contributed by atoms with E-state index in [0.29, 0.717) is 16.5 Å². The maximum Gasteiger partial charge on any atom is 0.336 e. The average molecular weight is 254 g/mol. The molecule has 0 aliphatic carbocycles. The van der Waals surface area contributed by atoms with E-state index in [1.807, 2.05) is 0 Å². The molecular weight excluding hydrogens is 248 g/mol. The van der Waals surface area contributed by atoms with Crippen LogP contribution in [0.4, 0.5) is 11.4 Å². The van der Waals surface area contributed by atoms with Crippen LogP contribution in [0.25, 0.3) is 10.8 Å². The lowest BCUT2D eigenvalue weighted by molar-refractivity contribution is 0.0699. The molecular formula is C13H6N2O4. The zero-order valence-corrected chi connectivity index (χ0v) is 9.45. The average Bonchev–Trinajstić information content (AvgIpc) is 2.39. The topological polar surface area (TPSA) is 96.2 Å². The first kappa shape index (κ1) is 12.4. The summed E-state index contributed by atoms with van der Waals surface area (Å²) in [6, 6.07) is 7.18. The molecule has 0 heterocycles. The van der Waals surface area contributed by atoms with Gasteiger partial charge in [0.25, 0.3) is 0 Å². The van der Waals surface area contributed by atoms with E-state index in [-0.39, 0.29) is 11.3 Å². The monoisotopic (exact) mass is 254 g/mol. The number of rotatable bonds is 3. The van der Waals surface area contributed by atoms with Crippen molar-refractivity contribution in [2.24, 2.45) is 9.98 Å². The normalized spacial score (nSPS) is 9.47. The van der Waals surface area contributed by atoms with E-state index in [1.165, 1.54) is 42.5 Å². The van der Waals surface area contributed by atoms with Crippen LogP contribution in [0.15, 0.2) is 40.3 Å². The van der Waals surface area contributed by atoms with Crippen LogP contribution >= 0.6 is 0 Å². The van der Waals surface area contributed by atoms with E-state index in [1.54, 1.807) is 0 Å². The summed E-state index contributed by atoms with van der Waals surface area (Å²) < 4.78 is 0. The molecule has 92 valence electrons. The summed E-state index contributed by atoms with van der Waals surface area (Å²) in [7, 11) is 0. The molecule has 6 nitrogen and oxygen atoms in total. The Balaban J connectivity index is 2.87. The maximum absolute atomic E-state index is 11.1. The van der Waals surface area contributed by atoms with Gasteiger partial charge in [0.2, 0.25) is 12.2 Å². The number of hydrogen-bond acceptors (Lipinski definition) is 5. The fourth-order valence-electron chi connectivity index (χ4n) is 1.78. The summed E-state index contributed by atoms with van der Waals surface area (Å²) in [4.78, 5) is 38.6. The maximum atomic E-state index is 11.1. The molecule has 6 heteroatoms. The Morgan fingerprint density at radius 1 is 1.00 bits per heavy atom. The highest BCUT2D eigenvalue weighted by Crippen LogP contribution is 2.31. The number of fused-ring (bicyclic) bond motifs is 1. The molecule has 1 N–H and O–H groups in total. The van der Waals surface area contributed by atoms with Gasteiger partial charge < -0.3 is 5.11 Å². The highest BCUT2D eigenvalue weighted by molar-refractivity contribution is 6.08. The number of benzene rings is 2. The van der Waals surface area contributed by atoms with E-state index in [0.717, 1.165) is 0 Å². The van der Waals surface area contributed by atoms with Crippen LogP contribution in [-0.2, 0) is 9.59 Å². The van der Waals surface area contributed by atoms with Crippen molar-refractivity contribution < 1.29 is 19.5 Å². The molecule has 0 amide bonds. The second-order valence-corrected chi connectivity index (χ2v) is 3.57. The van der Waals surface area contributed by atoms with E-state index in [2.05, 4.69) is 9.98 Å². The molecule has 0 aromatic heterocycles. The van der Waals surface area contributed by atoms with Gasteiger partial charge in [-0.2, -0.15) is 9.98 Å². The third-order valence-corrected chi connectivity index (χ3v) is 2.55. The summed E-state index contributed by atoms with van der Waals surface area (Å²) in [6.45, 7) is 0. The molecule has 2 aromatic rings. The molecule has 0 fully saturated rings. The summed E-state index contributed by atoms with van der Waals surface area (Å²) >= 11 is 0. The summed E-state index contributed by atoms with van der Waals surface area (Å²) in [6.07, 6.45) is 2.78. The van der Waals surface area contributed by atoms with Crippen molar-refractivity contribution in [3.63, 3.8) is 0 Å². The van der Waals surface area contributed by atoms with Crippen LogP contribution in [-0.4, -0.2) is 23.2 Å². The summed E-state index contributed by atoms with van der Waals surface area (Å²) in [5, 5.41) is 9.88. The van der Waals surface area contributed by atoms with Crippen LogP contribution in [0, 0.1) is 0 Å². The van der Waals surface area contributed by atoms with Gasteiger partial charge in [0.05, 0.1) is 16.9 Å². The molecule has 0 unspecified atom stereocenters. The Morgan fingerprint density at radius 2 is 1.74 bits per heavy atom. The first-order valence-electron chi connectivity index (χ1n) is 5.13. The molecule has 0 radical (unpaired) electrons. The number of aliphatic imine (C=N–C) groups is 2. The van der Waals surface area contributed by atoms with E-state index < -0.39 is 5.97 Å². The van der Waals surface area contributed by atoms with Crippen molar-refractivity contribution in [2.45, 2.75) is 0 Å². The number of carboxylic acids is 1. The standard InChI is InChI=1S/C13H6N2O4/c16-6-14-8-1-2-9-10(13(18)19)3-4-12(15-7-17)11(9)5-8/h1-5H,(H,18,19). The van der Waals surface area contributed by atoms with Crippen molar-refractivity contribution >= 4 is 40.3 Å². The Kier molecular flexibility index (Phi) is 3.30. The van der Waals surface area contributed by atoms with Gasteiger partial charge in [-0.1, -0.05) is 6.07 Å². The third kappa shape index (κ3) is 2.30. The number of isocyanates is 2. The fourth-order valence-corrected chi connectivity index (χ4v) is 1.78. The highest BCUT2D eigenvalue weighted by Gasteiger charge is 2.11. The fraction of sp³-hybridized carbons (Fsp3) is 0. The molecule has 0 aliphatic rings. The van der Waals surface area contributed by atoms with Crippen LogP contribution < -0.4 is 0 Å². The molecule has 0 atom stereocenters. The minimum Gasteiger partial charge on any atom is -0.478 e. The Bertz CT molecular complexity index is 770. The smallest absolute Gasteiger partial charge is 0.336 e. The highest BCUT2D eigenvalue weighted by atomic mass is 16.4. The number of carbonyl (C=O) groups excluding carboxylic acids is 2. The van der Waals surface area contributed by atoms with Gasteiger partial charge in [-0.25, -0.2) is 14.4 Å². The van der Waals surface area contributed by atoms with Crippen LogP contribution in [0.5, 0.6) is 0 Å². The SMILES string of the molecule is O=C=Nc1ccc2c(C(=O)O)ccc(N=C=O)c2c1. The van der Waals surface area contributed by atoms with Gasteiger partial charge in [-0.05, 0) is 29.7 Å². The van der Waals surface area contributed by atoms with Crippen molar-refractivity contribution in [3.05, 3.63) is 35.9 Å². The molecule has 0 bridgehead atoms. The van der Waals surface area contributed by atoms with E-state index >= 15 is 0 Å². The minimum absolute atomic E-state index is 0.0708. The number of carbonyl (C=O) groups is 1. The molecule has 19 heavy (non-hydrogen) atoms. The number of aromatic carboxylic acids is 1. The first-order valence-corrected chi connectivity index (χ1v) is 5.13. The predicted molar refractivity (Wildman–Crippen MR) is 66.5 cm³/mol. The van der Waals surface area contributed by atoms with Crippen molar-refractivity contribution in [2.75, 3.05) is 0 Å². The molecule has 0 aliphatic heterocycles. The van der Waals surface area contributed by atoms with E-state index in [4.69, 9.17) is 5.11 Å². The van der Waals surface area contributed by atoms with Crippen molar-refractivity contribution in [1.29, 1.82) is 0 Å². The molecule has 0 spiro atoms. The number of nitrogens with zero attached hydrogens (tertiary/aromatic N) is 2. The second-order valence-electron chi connectivity index (χ2n) is 3.57. The predicted octanol–water partition coefficient (Wildman–Crippen LogP) is 2.47. The molecule has 2 rings (SSSR count). The number of carboxylic acid groups (broad SMARTS) is 1. The minimum atomic E-state index is -1.10. The van der Waals surface area contributed by atoms with E-state index in [9.17, 15) is 14.4 Å². The lowest BCUT2D eigenvalue weighted by atomic mass is 10.0. The van der Waals surface area contributed by atoms with Gasteiger partial charge in [0.1, 0.15) is 0 Å². The van der Waals surface area contributed by atoms with Crippen LogP contribution in [0.3, 0.4) is 0 Å². The largest absolute Gasteiger partial charge is 0.478 e. The molecule has 0 saturated carbocycles. The van der Waals surface area contributed by atoms with Gasteiger partial charge in [0, 0.05) is 5.39 Å². The quantitative estimate of drug-likeness (QED) is 0.672. The van der Waals surface area contributed by atoms with Gasteiger partial charge in [0.15, 0.2) is 0 Å². The zero-order valence-electron chi connectivity index (χ0n) is 9.45. The number of hydrogen-bond donors (Lipinski definition) is 1. The molecule has 0 saturated heterocycles. The summed E-state index contributed by atoms with van der Waals surface area (Å²) in [5.74, 6) is -1.10. The van der Waals surface area contributed by atoms with Crippen LogP contribution in [0.2, 0.25) is 0 Å².